The Morgan fingerprint density at radius 1 is 1.37 bits per heavy atom. The summed E-state index contributed by atoms with van der Waals surface area (Å²) >= 11 is 0. The molecule has 0 unspecified atom stereocenters. The molecular weight excluding hydrogens is 254 g/mol. The molecule has 0 aliphatic heterocycles. The smallest absolute Gasteiger partial charge is 0.339 e. The van der Waals surface area contributed by atoms with Crippen molar-refractivity contribution in [2.45, 2.75) is 0 Å². The van der Waals surface area contributed by atoms with Crippen molar-refractivity contribution in [1.29, 1.82) is 0 Å². The number of carboxylic acid groups (broad SMARTS) is 1. The van der Waals surface area contributed by atoms with Crippen LogP contribution in [0.5, 0.6) is 0 Å². The van der Waals surface area contributed by atoms with Gasteiger partial charge in [0.2, 0.25) is 0 Å². The van der Waals surface area contributed by atoms with Gasteiger partial charge >= 0.3 is 5.97 Å². The second-order valence-corrected chi connectivity index (χ2v) is 3.78. The van der Waals surface area contributed by atoms with E-state index in [9.17, 15) is 14.9 Å². The molecule has 1 aromatic carbocycles. The van der Waals surface area contributed by atoms with Gasteiger partial charge in [-0.25, -0.2) is 4.79 Å². The molecule has 2 aromatic heterocycles. The first kappa shape index (κ1) is 11.0. The van der Waals surface area contributed by atoms with Gasteiger partial charge in [-0.05, 0) is 22.6 Å². The van der Waals surface area contributed by atoms with Crippen LogP contribution in [-0.2, 0) is 0 Å². The molecule has 0 aliphatic carbocycles. The summed E-state index contributed by atoms with van der Waals surface area (Å²) in [6, 6.07) is 5.43. The van der Waals surface area contributed by atoms with Crippen LogP contribution in [0.1, 0.15) is 10.4 Å². The summed E-state index contributed by atoms with van der Waals surface area (Å²) in [5.41, 5.74) is 0.235. The van der Waals surface area contributed by atoms with Crippen LogP contribution in [-0.4, -0.2) is 36.0 Å². The maximum absolute atomic E-state index is 11.1. The minimum Gasteiger partial charge on any atom is -0.478 e. The highest BCUT2D eigenvalue weighted by atomic mass is 16.6. The lowest BCUT2D eigenvalue weighted by Crippen LogP contribution is -2.03. The predicted molar refractivity (Wildman–Crippen MR) is 61.9 cm³/mol. The van der Waals surface area contributed by atoms with Gasteiger partial charge in [0.15, 0.2) is 5.65 Å². The van der Waals surface area contributed by atoms with E-state index in [1.54, 1.807) is 0 Å². The number of non-ortho nitro benzene ring substituents is 1. The van der Waals surface area contributed by atoms with Crippen LogP contribution in [0.2, 0.25) is 0 Å². The van der Waals surface area contributed by atoms with E-state index in [0.29, 0.717) is 10.9 Å². The highest BCUT2D eigenvalue weighted by molar-refractivity contribution is 5.99. The topological polar surface area (TPSA) is 124 Å². The second kappa shape index (κ2) is 3.70. The first-order chi connectivity index (χ1) is 9.08. The number of benzene rings is 1. The Morgan fingerprint density at radius 2 is 2.16 bits per heavy atom. The zero-order chi connectivity index (χ0) is 13.6. The zero-order valence-corrected chi connectivity index (χ0v) is 9.22. The van der Waals surface area contributed by atoms with E-state index in [1.165, 1.54) is 28.8 Å². The number of aromatic carboxylic acids is 1. The third kappa shape index (κ3) is 1.56. The Labute approximate surface area is 104 Å². The number of nitro benzene ring substituents is 1. The van der Waals surface area contributed by atoms with E-state index in [1.807, 2.05) is 0 Å². The fourth-order valence-corrected chi connectivity index (χ4v) is 1.85. The normalized spacial score (nSPS) is 10.9. The molecule has 2 heterocycles. The quantitative estimate of drug-likeness (QED) is 0.535. The van der Waals surface area contributed by atoms with Crippen molar-refractivity contribution in [1.82, 2.24) is 20.0 Å². The van der Waals surface area contributed by atoms with Crippen molar-refractivity contribution in [2.75, 3.05) is 0 Å². The van der Waals surface area contributed by atoms with Crippen LogP contribution >= 0.6 is 0 Å². The summed E-state index contributed by atoms with van der Waals surface area (Å²) in [5.74, 6) is -1.17. The maximum atomic E-state index is 11.1. The number of carbonyl (C=O) groups is 1. The van der Waals surface area contributed by atoms with Gasteiger partial charge in [-0.1, -0.05) is 0 Å². The molecule has 0 aliphatic rings. The summed E-state index contributed by atoms with van der Waals surface area (Å²) in [7, 11) is 0. The number of fused-ring (bicyclic) bond motifs is 3. The number of nitro groups is 1. The summed E-state index contributed by atoms with van der Waals surface area (Å²) in [4.78, 5) is 21.3. The Kier molecular flexibility index (Phi) is 2.14. The van der Waals surface area contributed by atoms with Crippen LogP contribution in [0.3, 0.4) is 0 Å². The fraction of sp³-hybridized carbons (Fsp3) is 0. The summed E-state index contributed by atoms with van der Waals surface area (Å²) in [6.07, 6.45) is 0. The molecular formula is C10H5N5O4. The SMILES string of the molecule is O=C(O)c1cc2ccc([N+](=O)[O-])cc2n2nnnc12. The number of carboxylic acids is 1. The van der Waals surface area contributed by atoms with Gasteiger partial charge in [0.1, 0.15) is 5.56 Å². The van der Waals surface area contributed by atoms with Crippen molar-refractivity contribution in [3.05, 3.63) is 39.9 Å². The zero-order valence-electron chi connectivity index (χ0n) is 9.22. The first-order valence-corrected chi connectivity index (χ1v) is 5.10. The molecule has 0 saturated heterocycles. The molecule has 0 fully saturated rings. The van der Waals surface area contributed by atoms with E-state index in [-0.39, 0.29) is 16.9 Å². The van der Waals surface area contributed by atoms with Gasteiger partial charge in [0, 0.05) is 17.5 Å². The van der Waals surface area contributed by atoms with Crippen molar-refractivity contribution >= 4 is 28.2 Å². The molecule has 1 N–H and O–H groups in total. The number of hydrogen-bond donors (Lipinski definition) is 1. The Bertz CT molecular complexity index is 840. The molecule has 0 saturated carbocycles. The minimum atomic E-state index is -1.17. The van der Waals surface area contributed by atoms with Crippen LogP contribution < -0.4 is 0 Å². The molecule has 0 atom stereocenters. The molecule has 0 bridgehead atoms. The monoisotopic (exact) mass is 259 g/mol. The molecule has 0 amide bonds. The van der Waals surface area contributed by atoms with Crippen LogP contribution in [0.15, 0.2) is 24.3 Å². The number of nitrogens with zero attached hydrogens (tertiary/aromatic N) is 5. The number of aromatic nitrogens is 4. The molecule has 94 valence electrons. The van der Waals surface area contributed by atoms with Gasteiger partial charge in [-0.2, -0.15) is 4.52 Å². The average molecular weight is 259 g/mol. The Morgan fingerprint density at radius 3 is 2.84 bits per heavy atom. The average Bonchev–Trinajstić information content (AvgIpc) is 2.86. The Balaban J connectivity index is 2.47. The highest BCUT2D eigenvalue weighted by Gasteiger charge is 2.17. The van der Waals surface area contributed by atoms with Crippen molar-refractivity contribution in [2.24, 2.45) is 0 Å². The third-order valence-corrected chi connectivity index (χ3v) is 2.69. The first-order valence-electron chi connectivity index (χ1n) is 5.10. The van der Waals surface area contributed by atoms with E-state index >= 15 is 0 Å². The van der Waals surface area contributed by atoms with E-state index < -0.39 is 10.9 Å². The highest BCUT2D eigenvalue weighted by Crippen LogP contribution is 2.23. The van der Waals surface area contributed by atoms with E-state index in [0.717, 1.165) is 0 Å². The largest absolute Gasteiger partial charge is 0.478 e. The van der Waals surface area contributed by atoms with E-state index in [2.05, 4.69) is 15.5 Å². The second-order valence-electron chi connectivity index (χ2n) is 3.78. The van der Waals surface area contributed by atoms with Crippen LogP contribution in [0.4, 0.5) is 5.69 Å². The lowest BCUT2D eigenvalue weighted by atomic mass is 10.1. The van der Waals surface area contributed by atoms with Gasteiger partial charge < -0.3 is 5.11 Å². The van der Waals surface area contributed by atoms with Gasteiger partial charge in [0.25, 0.3) is 5.69 Å². The molecule has 0 spiro atoms. The molecule has 19 heavy (non-hydrogen) atoms. The molecule has 9 nitrogen and oxygen atoms in total. The number of pyridine rings is 1. The summed E-state index contributed by atoms with van der Waals surface area (Å²) < 4.78 is 1.17. The van der Waals surface area contributed by atoms with Crippen LogP contribution in [0, 0.1) is 10.1 Å². The predicted octanol–water partition coefficient (Wildman–Crippen LogP) is 0.884. The van der Waals surface area contributed by atoms with Gasteiger partial charge in [-0.3, -0.25) is 10.1 Å². The van der Waals surface area contributed by atoms with Crippen LogP contribution in [0.25, 0.3) is 16.6 Å². The molecule has 9 heteroatoms. The molecule has 3 aromatic rings. The van der Waals surface area contributed by atoms with Crippen molar-refractivity contribution < 1.29 is 14.8 Å². The standard InChI is InChI=1S/C10H5N5O4/c16-10(17)7-3-5-1-2-6(15(18)19)4-8(5)14-9(7)11-12-13-14/h1-4H,(H,16,17). The lowest BCUT2D eigenvalue weighted by molar-refractivity contribution is -0.384. The Hall–Kier alpha value is -3.10. The molecule has 0 radical (unpaired) electrons. The lowest BCUT2D eigenvalue weighted by Gasteiger charge is -2.02. The summed E-state index contributed by atoms with van der Waals surface area (Å²) in [5, 5.41) is 31.0. The third-order valence-electron chi connectivity index (χ3n) is 2.69. The molecule has 3 rings (SSSR count). The maximum Gasteiger partial charge on any atom is 0.339 e. The summed E-state index contributed by atoms with van der Waals surface area (Å²) in [6.45, 7) is 0. The van der Waals surface area contributed by atoms with Crippen molar-refractivity contribution in [3.8, 4) is 0 Å². The van der Waals surface area contributed by atoms with E-state index in [4.69, 9.17) is 5.11 Å². The van der Waals surface area contributed by atoms with Gasteiger partial charge in [0.05, 0.1) is 10.4 Å². The number of hydrogen-bond acceptors (Lipinski definition) is 6. The number of tetrazole rings is 1. The van der Waals surface area contributed by atoms with Crippen molar-refractivity contribution in [3.63, 3.8) is 0 Å². The van der Waals surface area contributed by atoms with Gasteiger partial charge in [-0.15, -0.1) is 5.10 Å². The fourth-order valence-electron chi connectivity index (χ4n) is 1.85. The number of rotatable bonds is 2. The minimum absolute atomic E-state index is 0.0421.